The van der Waals surface area contributed by atoms with Gasteiger partial charge in [-0.25, -0.2) is 4.79 Å². The molecule has 36 heavy (non-hydrogen) atoms. The van der Waals surface area contributed by atoms with Gasteiger partial charge in [0.15, 0.2) is 5.60 Å². The molecule has 11 nitrogen and oxygen atoms in total. The highest BCUT2D eigenvalue weighted by Gasteiger charge is 2.45. The number of hydrogen-bond acceptors (Lipinski definition) is 8. The van der Waals surface area contributed by atoms with Crippen molar-refractivity contribution in [3.05, 3.63) is 34.9 Å². The molecule has 0 spiro atoms. The van der Waals surface area contributed by atoms with Crippen LogP contribution in [0.5, 0.6) is 0 Å². The summed E-state index contributed by atoms with van der Waals surface area (Å²) in [4.78, 5) is 35.4. The topological polar surface area (TPSA) is 168 Å². The van der Waals surface area contributed by atoms with Gasteiger partial charge >= 0.3 is 17.9 Å². The lowest BCUT2D eigenvalue weighted by atomic mass is 9.95. The van der Waals surface area contributed by atoms with E-state index >= 15 is 0 Å². The van der Waals surface area contributed by atoms with Crippen molar-refractivity contribution in [3.8, 4) is 0 Å². The number of carboxylic acids is 3. The fourth-order valence-electron chi connectivity index (χ4n) is 4.31. The van der Waals surface area contributed by atoms with Crippen molar-refractivity contribution in [1.29, 1.82) is 0 Å². The van der Waals surface area contributed by atoms with Crippen LogP contribution in [0.15, 0.2) is 24.3 Å². The Morgan fingerprint density at radius 2 is 1.50 bits per heavy atom. The lowest BCUT2D eigenvalue weighted by Crippen LogP contribution is -2.50. The number of halogens is 1. The number of aliphatic hydroxyl groups is 2. The van der Waals surface area contributed by atoms with Crippen LogP contribution in [0.3, 0.4) is 0 Å². The number of methoxy groups -OCH3 is 1. The molecule has 1 saturated carbocycles. The average molecular weight is 531 g/mol. The van der Waals surface area contributed by atoms with Crippen LogP contribution in [0.2, 0.25) is 5.02 Å². The first kappa shape index (κ1) is 29.9. The third-order valence-electron chi connectivity index (χ3n) is 6.41. The molecule has 1 atom stereocenters. The Kier molecular flexibility index (Phi) is 11.1. The molecule has 2 aliphatic rings. The molecule has 1 aliphatic heterocycles. The molecule has 1 unspecified atom stereocenters. The molecule has 1 saturated heterocycles. The van der Waals surface area contributed by atoms with E-state index in [-0.39, 0.29) is 6.10 Å². The van der Waals surface area contributed by atoms with E-state index in [1.165, 1.54) is 18.4 Å². The predicted octanol–water partition coefficient (Wildman–Crippen LogP) is 0.748. The molecule has 5 N–H and O–H groups in total. The maximum absolute atomic E-state index is 10.3. The molecule has 202 valence electrons. The zero-order valence-corrected chi connectivity index (χ0v) is 21.1. The Balaban J connectivity index is 0.000000302. The minimum absolute atomic E-state index is 0.350. The summed E-state index contributed by atoms with van der Waals surface area (Å²) < 4.78 is 5.00. The average Bonchev–Trinajstić information content (AvgIpc) is 3.55. The van der Waals surface area contributed by atoms with E-state index in [4.69, 9.17) is 36.8 Å². The second kappa shape index (κ2) is 13.3. The largest absolute Gasteiger partial charge is 0.481 e. The Morgan fingerprint density at radius 3 is 1.92 bits per heavy atom. The summed E-state index contributed by atoms with van der Waals surface area (Å²) in [5, 5.41) is 44.5. The highest BCUT2D eigenvalue weighted by Crippen LogP contribution is 2.49. The van der Waals surface area contributed by atoms with Crippen molar-refractivity contribution in [2.75, 3.05) is 53.0 Å². The first-order valence-electron chi connectivity index (χ1n) is 11.7. The van der Waals surface area contributed by atoms with Gasteiger partial charge in [0.25, 0.3) is 0 Å². The van der Waals surface area contributed by atoms with Crippen LogP contribution < -0.4 is 0 Å². The van der Waals surface area contributed by atoms with Gasteiger partial charge in [-0.2, -0.15) is 0 Å². The minimum Gasteiger partial charge on any atom is -0.481 e. The van der Waals surface area contributed by atoms with Crippen LogP contribution in [0, 0.1) is 0 Å². The second-order valence-electron chi connectivity index (χ2n) is 9.45. The molecular weight excluding hydrogens is 496 g/mol. The minimum atomic E-state index is -2.74. The van der Waals surface area contributed by atoms with Crippen molar-refractivity contribution in [2.45, 2.75) is 42.8 Å². The zero-order valence-electron chi connectivity index (χ0n) is 20.3. The van der Waals surface area contributed by atoms with E-state index in [2.05, 4.69) is 21.9 Å². The van der Waals surface area contributed by atoms with Crippen LogP contribution in [-0.4, -0.2) is 118 Å². The number of rotatable bonds is 12. The number of ether oxygens (including phenoxy) is 1. The van der Waals surface area contributed by atoms with Gasteiger partial charge < -0.3 is 30.3 Å². The van der Waals surface area contributed by atoms with Crippen LogP contribution in [0.25, 0.3) is 0 Å². The second-order valence-corrected chi connectivity index (χ2v) is 9.89. The van der Waals surface area contributed by atoms with Gasteiger partial charge in [0.2, 0.25) is 0 Å². The van der Waals surface area contributed by atoms with Crippen molar-refractivity contribution in [2.24, 2.45) is 0 Å². The van der Waals surface area contributed by atoms with E-state index in [1.54, 1.807) is 7.11 Å². The van der Waals surface area contributed by atoms with Crippen molar-refractivity contribution in [3.63, 3.8) is 0 Å². The maximum atomic E-state index is 10.3. The van der Waals surface area contributed by atoms with E-state index in [0.29, 0.717) is 18.6 Å². The Bertz CT molecular complexity index is 868. The standard InChI is InChI=1S/C18H27ClN2O2.C6H8O7/c1-23-13-17(22)12-20-8-10-21(11-9-20)14-18(6-7-18)15-2-4-16(19)5-3-15;7-3(8)1-6(13,5(11)12)2-4(9)10/h2-5,17,22H,6-14H2,1H3;13H,1-2H2,(H,7,8)(H,9,10)(H,11,12). The molecule has 1 aliphatic carbocycles. The van der Waals surface area contributed by atoms with Crippen LogP contribution in [0.4, 0.5) is 0 Å². The molecule has 12 heteroatoms. The molecule has 2 fully saturated rings. The summed E-state index contributed by atoms with van der Waals surface area (Å²) >= 11 is 6.01. The van der Waals surface area contributed by atoms with Gasteiger partial charge in [0.1, 0.15) is 0 Å². The highest BCUT2D eigenvalue weighted by molar-refractivity contribution is 6.30. The van der Waals surface area contributed by atoms with Crippen molar-refractivity contribution >= 4 is 29.5 Å². The van der Waals surface area contributed by atoms with Crippen LogP contribution >= 0.6 is 11.6 Å². The molecular formula is C24H35ClN2O9. The number of benzene rings is 1. The quantitative estimate of drug-likeness (QED) is 0.258. The summed E-state index contributed by atoms with van der Waals surface area (Å²) in [6.45, 7) is 6.48. The molecule has 1 aromatic carbocycles. The predicted molar refractivity (Wildman–Crippen MR) is 130 cm³/mol. The third kappa shape index (κ3) is 9.30. The van der Waals surface area contributed by atoms with Gasteiger partial charge in [-0.15, -0.1) is 0 Å². The molecule has 3 rings (SSSR count). The van der Waals surface area contributed by atoms with Gasteiger partial charge in [0.05, 0.1) is 25.6 Å². The summed E-state index contributed by atoms with van der Waals surface area (Å²) in [6, 6.07) is 8.39. The molecule has 0 radical (unpaired) electrons. The molecule has 0 amide bonds. The van der Waals surface area contributed by atoms with Crippen LogP contribution in [-0.2, 0) is 24.5 Å². The first-order chi connectivity index (χ1) is 16.9. The highest BCUT2D eigenvalue weighted by atomic mass is 35.5. The Morgan fingerprint density at radius 1 is 1.00 bits per heavy atom. The van der Waals surface area contributed by atoms with Crippen LogP contribution in [0.1, 0.15) is 31.2 Å². The third-order valence-corrected chi connectivity index (χ3v) is 6.67. The SMILES string of the molecule is COCC(O)CN1CCN(CC2(c3ccc(Cl)cc3)CC2)CC1.O=C(O)CC(O)(CC(=O)O)C(=O)O. The molecule has 1 aromatic rings. The van der Waals surface area contributed by atoms with Gasteiger partial charge in [0, 0.05) is 56.8 Å². The number of β-amino-alcohol motifs (C(OH)–C–C–N with tert-alkyl or cyclic N) is 1. The van der Waals surface area contributed by atoms with E-state index in [1.807, 2.05) is 12.1 Å². The van der Waals surface area contributed by atoms with E-state index < -0.39 is 36.4 Å². The number of aliphatic hydroxyl groups excluding tert-OH is 1. The van der Waals surface area contributed by atoms with E-state index in [9.17, 15) is 19.5 Å². The number of carbonyl (C=O) groups is 3. The smallest absolute Gasteiger partial charge is 0.336 e. The summed E-state index contributed by atoms with van der Waals surface area (Å²) in [5.41, 5.74) is -0.958. The number of piperazine rings is 1. The summed E-state index contributed by atoms with van der Waals surface area (Å²) in [5.74, 6) is -5.02. The lowest BCUT2D eigenvalue weighted by molar-refractivity contribution is -0.170. The van der Waals surface area contributed by atoms with Crippen molar-refractivity contribution < 1.29 is 44.7 Å². The first-order valence-corrected chi connectivity index (χ1v) is 12.0. The number of nitrogens with zero attached hydrogens (tertiary/aromatic N) is 2. The van der Waals surface area contributed by atoms with Crippen molar-refractivity contribution in [1.82, 2.24) is 9.80 Å². The van der Waals surface area contributed by atoms with Gasteiger partial charge in [-0.3, -0.25) is 19.4 Å². The Hall–Kier alpha value is -2.28. The molecule has 0 aromatic heterocycles. The summed E-state index contributed by atoms with van der Waals surface area (Å²) in [6.07, 6.45) is -0.109. The fraction of sp³-hybridized carbons (Fsp3) is 0.625. The maximum Gasteiger partial charge on any atom is 0.336 e. The Labute approximate surface area is 214 Å². The fourth-order valence-corrected chi connectivity index (χ4v) is 4.43. The number of hydrogen-bond donors (Lipinski definition) is 5. The lowest BCUT2D eigenvalue weighted by Gasteiger charge is -2.37. The normalized spacial score (nSPS) is 18.6. The van der Waals surface area contributed by atoms with E-state index in [0.717, 1.165) is 37.7 Å². The molecule has 1 heterocycles. The van der Waals surface area contributed by atoms with Gasteiger partial charge in [-0.1, -0.05) is 23.7 Å². The monoisotopic (exact) mass is 530 g/mol. The molecule has 0 bridgehead atoms. The van der Waals surface area contributed by atoms with Gasteiger partial charge in [-0.05, 0) is 30.5 Å². The summed E-state index contributed by atoms with van der Waals surface area (Å²) in [7, 11) is 1.63. The number of carboxylic acid groups (broad SMARTS) is 3. The zero-order chi connectivity index (χ0) is 26.9. The number of aliphatic carboxylic acids is 3.